The van der Waals surface area contributed by atoms with Gasteiger partial charge in [0, 0.05) is 39.7 Å². The predicted molar refractivity (Wildman–Crippen MR) is 211 cm³/mol. The maximum atomic E-state index is 15.1. The molecule has 1 saturated heterocycles. The maximum absolute atomic E-state index is 15.1. The van der Waals surface area contributed by atoms with E-state index >= 15 is 4.79 Å². The molecule has 3 fully saturated rings. The summed E-state index contributed by atoms with van der Waals surface area (Å²) in [6.07, 6.45) is 4.44. The molecule has 2 aliphatic heterocycles. The van der Waals surface area contributed by atoms with Crippen LogP contribution in [0.15, 0.2) is 36.4 Å². The van der Waals surface area contributed by atoms with Crippen LogP contribution < -0.4 is 19.5 Å². The summed E-state index contributed by atoms with van der Waals surface area (Å²) >= 11 is 6.60. The molecule has 3 N–H and O–H groups in total. The van der Waals surface area contributed by atoms with E-state index in [2.05, 4.69) is 21.9 Å². The Balaban J connectivity index is 1.41. The number of rotatable bonds is 8. The van der Waals surface area contributed by atoms with E-state index in [-0.39, 0.29) is 43.2 Å². The van der Waals surface area contributed by atoms with Gasteiger partial charge in [0.05, 0.1) is 17.9 Å². The molecular formula is C40H54ClN5O9S. The fourth-order valence-electron chi connectivity index (χ4n) is 8.20. The van der Waals surface area contributed by atoms with Gasteiger partial charge in [-0.05, 0) is 97.1 Å². The van der Waals surface area contributed by atoms with Crippen molar-refractivity contribution in [3.05, 3.63) is 41.4 Å². The monoisotopic (exact) mass is 815 g/mol. The van der Waals surface area contributed by atoms with E-state index < -0.39 is 80.2 Å². The highest BCUT2D eigenvalue weighted by molar-refractivity contribution is 7.91. The lowest BCUT2D eigenvalue weighted by Gasteiger charge is -2.43. The first-order valence-electron chi connectivity index (χ1n) is 19.5. The second kappa shape index (κ2) is 15.7. The Bertz CT molecular complexity index is 2020. The summed E-state index contributed by atoms with van der Waals surface area (Å²) in [5.74, 6) is -2.44. The fraction of sp³-hybridized carbons (Fsp3) is 0.625. The fourth-order valence-corrected chi connectivity index (χ4v) is 9.79. The summed E-state index contributed by atoms with van der Waals surface area (Å²) in [6, 6.07) is 4.62. The molecule has 3 heterocycles. The molecule has 0 radical (unpaired) electrons. The number of aromatic nitrogens is 1. The van der Waals surface area contributed by atoms with Crippen molar-refractivity contribution in [3.8, 4) is 11.8 Å². The number of carbonyl (C=O) groups excluding carboxylic acids is 3. The van der Waals surface area contributed by atoms with Crippen molar-refractivity contribution < 1.29 is 42.2 Å². The van der Waals surface area contributed by atoms with Crippen LogP contribution in [0.4, 0.5) is 4.79 Å². The van der Waals surface area contributed by atoms with Crippen LogP contribution in [-0.4, -0.2) is 99.3 Å². The van der Waals surface area contributed by atoms with E-state index in [9.17, 15) is 27.9 Å². The van der Waals surface area contributed by atoms with Crippen LogP contribution in [0.3, 0.4) is 0 Å². The minimum Gasteiger partial charge on any atom is -0.475 e. The number of hydrogen-bond acceptors (Lipinski definition) is 9. The number of sulfonamides is 1. The van der Waals surface area contributed by atoms with Gasteiger partial charge in [-0.2, -0.15) is 4.98 Å². The van der Waals surface area contributed by atoms with Crippen LogP contribution >= 0.6 is 11.6 Å². The Morgan fingerprint density at radius 1 is 1.12 bits per heavy atom. The van der Waals surface area contributed by atoms with Crippen molar-refractivity contribution in [3.63, 3.8) is 0 Å². The molecule has 2 saturated carbocycles. The molecular weight excluding hydrogens is 762 g/mol. The third-order valence-electron chi connectivity index (χ3n) is 11.2. The molecule has 1 aromatic carbocycles. The molecule has 4 aliphatic rings. The number of nitrogens with one attached hydrogen (secondary N) is 2. The highest BCUT2D eigenvalue weighted by Gasteiger charge is 2.62. The Labute approximate surface area is 333 Å². The van der Waals surface area contributed by atoms with E-state index in [1.54, 1.807) is 45.0 Å². The first-order valence-corrected chi connectivity index (χ1v) is 21.4. The zero-order chi connectivity index (χ0) is 40.9. The topological polar surface area (TPSA) is 185 Å². The molecule has 0 bridgehead atoms. The molecule has 2 aromatic rings. The van der Waals surface area contributed by atoms with E-state index in [0.717, 1.165) is 6.42 Å². The largest absolute Gasteiger partial charge is 0.475 e. The second-order valence-corrected chi connectivity index (χ2v) is 19.7. The van der Waals surface area contributed by atoms with Crippen molar-refractivity contribution in [1.29, 1.82) is 0 Å². The number of benzene rings is 1. The normalized spacial score (nSPS) is 29.3. The zero-order valence-electron chi connectivity index (χ0n) is 33.1. The minimum absolute atomic E-state index is 0.0325. The Kier molecular flexibility index (Phi) is 11.6. The lowest BCUT2D eigenvalue weighted by atomic mass is 9.85. The number of carbonyl (C=O) groups is 4. The van der Waals surface area contributed by atoms with Crippen molar-refractivity contribution in [2.24, 2.45) is 17.8 Å². The third-order valence-corrected chi connectivity index (χ3v) is 13.3. The highest BCUT2D eigenvalue weighted by Crippen LogP contribution is 2.46. The molecule has 306 valence electrons. The van der Waals surface area contributed by atoms with Gasteiger partial charge in [-0.25, -0.2) is 13.2 Å². The number of amides is 4. The molecule has 4 amide bonds. The number of ether oxygens (including phenoxy) is 2. The maximum Gasteiger partial charge on any atom is 0.408 e. The van der Waals surface area contributed by atoms with Crippen LogP contribution in [0.5, 0.6) is 11.8 Å². The van der Waals surface area contributed by atoms with E-state index in [0.29, 0.717) is 41.5 Å². The standard InChI is InChI=1S/C40H54ClN5O9S/c1-22(2)54-32-19-29-28(13-10-14-30(29)41)35(42-32)55-26-18-31-34(47)43-40(37(49)44-56(52,53)27-15-16-27)20-25(40)12-9-8-11-23(3)17-24(4)33(36(48)45(31)21-26)46(38(50)51)39(5,6)7/h9-10,12-14,19,22-27,31,33H,8,11,15-18,20-21H2,1-7H3,(H,43,47)(H,44,49)(H,50,51)/b12-9-/t23-,24+,25+,26+,31-,33-,40+/m0/s1. The molecule has 0 unspecified atom stereocenters. The van der Waals surface area contributed by atoms with Crippen molar-refractivity contribution >= 4 is 56.2 Å². The number of carboxylic acid groups (broad SMARTS) is 1. The smallest absolute Gasteiger partial charge is 0.408 e. The number of allylic oxidation sites excluding steroid dienone is 1. The van der Waals surface area contributed by atoms with Crippen LogP contribution in [-0.2, 0) is 24.4 Å². The molecule has 7 atom stereocenters. The van der Waals surface area contributed by atoms with Gasteiger partial charge in [0.1, 0.15) is 23.7 Å². The molecule has 14 nitrogen and oxygen atoms in total. The summed E-state index contributed by atoms with van der Waals surface area (Å²) in [7, 11) is -3.93. The molecule has 16 heteroatoms. The van der Waals surface area contributed by atoms with Crippen molar-refractivity contribution in [2.75, 3.05) is 6.54 Å². The van der Waals surface area contributed by atoms with Crippen LogP contribution in [0.2, 0.25) is 5.02 Å². The van der Waals surface area contributed by atoms with Crippen molar-refractivity contribution in [2.45, 2.75) is 134 Å². The zero-order valence-corrected chi connectivity index (χ0v) is 34.7. The van der Waals surface area contributed by atoms with Gasteiger partial charge in [-0.3, -0.25) is 24.0 Å². The van der Waals surface area contributed by atoms with Gasteiger partial charge >= 0.3 is 6.09 Å². The van der Waals surface area contributed by atoms with E-state index in [1.807, 2.05) is 32.9 Å². The lowest BCUT2D eigenvalue weighted by molar-refractivity contribution is -0.146. The van der Waals surface area contributed by atoms with Gasteiger partial charge in [0.15, 0.2) is 0 Å². The molecule has 0 spiro atoms. The summed E-state index contributed by atoms with van der Waals surface area (Å²) < 4.78 is 40.5. The summed E-state index contributed by atoms with van der Waals surface area (Å²) in [6.45, 7) is 12.7. The van der Waals surface area contributed by atoms with Gasteiger partial charge in [0.2, 0.25) is 33.6 Å². The SMILES string of the molecule is CC(C)Oc1cc2c(Cl)cccc2c(O[C@@H]2C[C@H]3C(=O)N[C@]4(C(=O)NS(=O)(=O)C5CC5)C[C@H]4/C=C\CC[C@H](C)C[C@@H](C)[C@H](N(C(=O)O)C(C)(C)C)C(=O)N3C2)n1. The molecule has 2 aliphatic carbocycles. The van der Waals surface area contributed by atoms with Crippen molar-refractivity contribution in [1.82, 2.24) is 24.8 Å². The number of halogens is 1. The molecule has 6 rings (SSSR count). The number of fused-ring (bicyclic) bond motifs is 3. The average molecular weight is 816 g/mol. The minimum atomic E-state index is -3.93. The second-order valence-electron chi connectivity index (χ2n) is 17.3. The quantitative estimate of drug-likeness (QED) is 0.281. The van der Waals surface area contributed by atoms with E-state index in [4.69, 9.17) is 21.1 Å². The Morgan fingerprint density at radius 3 is 2.48 bits per heavy atom. The average Bonchev–Trinajstić information content (AvgIpc) is 4.01. The molecule has 56 heavy (non-hydrogen) atoms. The first-order chi connectivity index (χ1) is 26.2. The number of pyridine rings is 1. The Morgan fingerprint density at radius 2 is 1.84 bits per heavy atom. The van der Waals surface area contributed by atoms with Crippen LogP contribution in [0.1, 0.15) is 93.4 Å². The number of nitrogens with zero attached hydrogens (tertiary/aromatic N) is 3. The third kappa shape index (κ3) is 8.73. The summed E-state index contributed by atoms with van der Waals surface area (Å²) in [4.78, 5) is 63.7. The van der Waals surface area contributed by atoms with Crippen LogP contribution in [0.25, 0.3) is 10.8 Å². The predicted octanol–water partition coefficient (Wildman–Crippen LogP) is 5.67. The number of hydrogen-bond donors (Lipinski definition) is 3. The summed E-state index contributed by atoms with van der Waals surface area (Å²) in [5, 5.41) is 14.5. The summed E-state index contributed by atoms with van der Waals surface area (Å²) in [5.41, 5.74) is -2.55. The van der Waals surface area contributed by atoms with E-state index in [1.165, 1.54) is 9.80 Å². The van der Waals surface area contributed by atoms with Gasteiger partial charge < -0.3 is 24.8 Å². The van der Waals surface area contributed by atoms with Gasteiger partial charge in [-0.15, -0.1) is 0 Å². The van der Waals surface area contributed by atoms with Gasteiger partial charge in [0.25, 0.3) is 5.91 Å². The lowest BCUT2D eigenvalue weighted by Crippen LogP contribution is -2.62. The highest BCUT2D eigenvalue weighted by atomic mass is 35.5. The van der Waals surface area contributed by atoms with Gasteiger partial charge in [-0.1, -0.05) is 43.7 Å². The first kappa shape index (κ1) is 41.5. The Hall–Kier alpha value is -4.11. The molecule has 1 aromatic heterocycles. The van der Waals surface area contributed by atoms with Crippen LogP contribution in [0, 0.1) is 17.8 Å².